The first-order valence-electron chi connectivity index (χ1n) is 14.4. The highest BCUT2D eigenvalue weighted by molar-refractivity contribution is 6.74. The maximum Gasteiger partial charge on any atom is 0.338 e. The molecule has 1 aromatic carbocycles. The molecule has 0 aliphatic rings. The van der Waals surface area contributed by atoms with Crippen LogP contribution in [-0.4, -0.2) is 54.5 Å². The van der Waals surface area contributed by atoms with Crippen LogP contribution < -0.4 is 0 Å². The van der Waals surface area contributed by atoms with Gasteiger partial charge in [-0.1, -0.05) is 83.5 Å². The monoisotopic (exact) mass is 588 g/mol. The van der Waals surface area contributed by atoms with Crippen molar-refractivity contribution in [2.75, 3.05) is 13.7 Å². The van der Waals surface area contributed by atoms with Crippen molar-refractivity contribution in [3.05, 3.63) is 71.8 Å². The van der Waals surface area contributed by atoms with E-state index in [1.165, 1.54) is 13.2 Å². The molecule has 1 rings (SSSR count). The first-order chi connectivity index (χ1) is 18.7. The van der Waals surface area contributed by atoms with E-state index in [0.29, 0.717) is 18.6 Å². The van der Waals surface area contributed by atoms with Gasteiger partial charge in [0, 0.05) is 12.5 Å². The molecule has 0 unspecified atom stereocenters. The predicted octanol–water partition coefficient (Wildman–Crippen LogP) is 8.25. The van der Waals surface area contributed by atoms with Gasteiger partial charge in [-0.15, -0.1) is 0 Å². The first-order valence-corrected chi connectivity index (χ1v) is 19.8. The normalized spacial score (nSPS) is 14.9. The zero-order valence-electron chi connectivity index (χ0n) is 26.4. The van der Waals surface area contributed by atoms with Crippen LogP contribution in [0.1, 0.15) is 65.2 Å². The Labute approximate surface area is 245 Å². The van der Waals surface area contributed by atoms with E-state index in [-0.39, 0.29) is 11.1 Å². The van der Waals surface area contributed by atoms with Crippen LogP contribution in [0.5, 0.6) is 0 Å². The number of carbonyl (C=O) groups is 2. The molecule has 0 fully saturated rings. The Morgan fingerprint density at radius 1 is 0.925 bits per heavy atom. The second kappa shape index (κ2) is 16.9. The minimum atomic E-state index is -1.99. The Morgan fingerprint density at radius 3 is 2.02 bits per heavy atom. The molecule has 0 saturated heterocycles. The standard InChI is InChI=1S/C32H52O6Si2/c1-11-40(12-2,13-3)38-29(20-19-26(4)23-24-36-39(9,10)32(5,6)7)25-28(21-22-30(33)35-8)37-31(34)27-17-15-14-16-18-27/h14-23,28-29H,11-13,24-25H2,1-10H3/b20-19+,22-21+,26-23+/t28-,29+/m0/s1. The molecule has 0 saturated carbocycles. The molecule has 8 heteroatoms. The molecule has 0 spiro atoms. The Kier molecular flexibility index (Phi) is 15.1. The van der Waals surface area contributed by atoms with Crippen molar-refractivity contribution in [3.8, 4) is 0 Å². The van der Waals surface area contributed by atoms with Gasteiger partial charge in [-0.2, -0.15) is 0 Å². The first kappa shape index (κ1) is 35.8. The zero-order valence-corrected chi connectivity index (χ0v) is 28.4. The fraction of sp³-hybridized carbons (Fsp3) is 0.562. The lowest BCUT2D eigenvalue weighted by Crippen LogP contribution is -2.40. The number of esters is 2. The second-order valence-corrected chi connectivity index (χ2v) is 21.2. The maximum atomic E-state index is 12.9. The lowest BCUT2D eigenvalue weighted by molar-refractivity contribution is -0.134. The van der Waals surface area contributed by atoms with Gasteiger partial charge in [-0.25, -0.2) is 9.59 Å². The van der Waals surface area contributed by atoms with Gasteiger partial charge in [-0.05, 0) is 61.4 Å². The van der Waals surface area contributed by atoms with Crippen LogP contribution in [0.3, 0.4) is 0 Å². The molecule has 0 aromatic heterocycles. The molecule has 0 aliphatic heterocycles. The van der Waals surface area contributed by atoms with Gasteiger partial charge in [0.05, 0.1) is 25.4 Å². The van der Waals surface area contributed by atoms with Crippen molar-refractivity contribution in [1.82, 2.24) is 0 Å². The molecule has 0 heterocycles. The SMILES string of the molecule is CC[Si](CC)(CC)O[C@H](/C=C/C(C)=C/CO[Si](C)(C)C(C)(C)C)C[C@H](/C=C/C(=O)OC)OC(=O)c1ccccc1. The summed E-state index contributed by atoms with van der Waals surface area (Å²) in [7, 11) is -2.50. The van der Waals surface area contributed by atoms with Gasteiger partial charge in [0.25, 0.3) is 0 Å². The van der Waals surface area contributed by atoms with Crippen molar-refractivity contribution < 1.29 is 27.9 Å². The average molecular weight is 589 g/mol. The van der Waals surface area contributed by atoms with Crippen LogP contribution in [-0.2, 0) is 23.1 Å². The van der Waals surface area contributed by atoms with Crippen LogP contribution >= 0.6 is 0 Å². The summed E-state index contributed by atoms with van der Waals surface area (Å²) in [5.74, 6) is -0.958. The summed E-state index contributed by atoms with van der Waals surface area (Å²) >= 11 is 0. The third kappa shape index (κ3) is 12.1. The molecule has 1 aromatic rings. The van der Waals surface area contributed by atoms with Crippen molar-refractivity contribution in [1.29, 1.82) is 0 Å². The number of hydrogen-bond acceptors (Lipinski definition) is 6. The number of ether oxygens (including phenoxy) is 2. The third-order valence-electron chi connectivity index (χ3n) is 7.94. The molecule has 0 aliphatic carbocycles. The topological polar surface area (TPSA) is 71.1 Å². The van der Waals surface area contributed by atoms with Crippen LogP contribution in [0.2, 0.25) is 36.3 Å². The maximum absolute atomic E-state index is 12.9. The zero-order chi connectivity index (χ0) is 30.4. The van der Waals surface area contributed by atoms with Gasteiger partial charge in [0.2, 0.25) is 0 Å². The van der Waals surface area contributed by atoms with Crippen molar-refractivity contribution in [2.45, 2.75) is 103 Å². The summed E-state index contributed by atoms with van der Waals surface area (Å²) < 4.78 is 23.8. The summed E-state index contributed by atoms with van der Waals surface area (Å²) in [6, 6.07) is 11.8. The minimum absolute atomic E-state index is 0.155. The molecular weight excluding hydrogens is 537 g/mol. The number of carbonyl (C=O) groups excluding carboxylic acids is 2. The number of hydrogen-bond donors (Lipinski definition) is 0. The van der Waals surface area contributed by atoms with E-state index < -0.39 is 34.7 Å². The van der Waals surface area contributed by atoms with Gasteiger partial charge >= 0.3 is 11.9 Å². The van der Waals surface area contributed by atoms with E-state index in [1.807, 2.05) is 6.07 Å². The second-order valence-electron chi connectivity index (χ2n) is 11.7. The Balaban J connectivity index is 3.23. The van der Waals surface area contributed by atoms with E-state index in [1.54, 1.807) is 30.3 Å². The van der Waals surface area contributed by atoms with E-state index in [9.17, 15) is 9.59 Å². The highest BCUT2D eigenvalue weighted by Gasteiger charge is 2.36. The summed E-state index contributed by atoms with van der Waals surface area (Å²) in [5, 5.41) is 0.155. The minimum Gasteiger partial charge on any atom is -0.466 e. The highest BCUT2D eigenvalue weighted by atomic mass is 28.4. The molecule has 0 bridgehead atoms. The number of methoxy groups -OCH3 is 1. The van der Waals surface area contributed by atoms with Gasteiger partial charge in [0.15, 0.2) is 16.6 Å². The molecule has 6 nitrogen and oxygen atoms in total. The molecule has 2 atom stereocenters. The lowest BCUT2D eigenvalue weighted by Gasteiger charge is -2.35. The van der Waals surface area contributed by atoms with Gasteiger partial charge < -0.3 is 18.3 Å². The van der Waals surface area contributed by atoms with E-state index >= 15 is 0 Å². The number of allylic oxidation sites excluding steroid dienone is 2. The van der Waals surface area contributed by atoms with E-state index in [0.717, 1.165) is 23.7 Å². The third-order valence-corrected chi connectivity index (χ3v) is 17.1. The molecule has 0 radical (unpaired) electrons. The fourth-order valence-corrected chi connectivity index (χ4v) is 7.59. The van der Waals surface area contributed by atoms with Crippen LogP contribution in [0.15, 0.2) is 66.3 Å². The van der Waals surface area contributed by atoms with Crippen LogP contribution in [0.25, 0.3) is 0 Å². The summed E-state index contributed by atoms with van der Waals surface area (Å²) in [6.45, 7) is 20.4. The molecule has 0 N–H and O–H groups in total. The van der Waals surface area contributed by atoms with Crippen LogP contribution in [0, 0.1) is 0 Å². The quantitative estimate of drug-likeness (QED) is 0.0838. The average Bonchev–Trinajstić information content (AvgIpc) is 2.92. The summed E-state index contributed by atoms with van der Waals surface area (Å²) in [5.41, 5.74) is 1.53. The van der Waals surface area contributed by atoms with Crippen molar-refractivity contribution in [3.63, 3.8) is 0 Å². The molecule has 224 valence electrons. The van der Waals surface area contributed by atoms with Crippen molar-refractivity contribution >= 4 is 28.6 Å². The summed E-state index contributed by atoms with van der Waals surface area (Å²) in [4.78, 5) is 24.8. The smallest absolute Gasteiger partial charge is 0.338 e. The highest BCUT2D eigenvalue weighted by Crippen LogP contribution is 2.36. The lowest BCUT2D eigenvalue weighted by atomic mass is 10.1. The summed E-state index contributed by atoms with van der Waals surface area (Å²) in [6.07, 6.45) is 8.50. The van der Waals surface area contributed by atoms with E-state index in [2.05, 4.69) is 79.8 Å². The Bertz CT molecular complexity index is 996. The molecular formula is C32H52O6Si2. The Hall–Kier alpha value is -2.27. The fourth-order valence-electron chi connectivity index (χ4n) is 3.84. The van der Waals surface area contributed by atoms with Gasteiger partial charge in [-0.3, -0.25) is 0 Å². The Morgan fingerprint density at radius 2 is 1.50 bits per heavy atom. The largest absolute Gasteiger partial charge is 0.466 e. The van der Waals surface area contributed by atoms with Gasteiger partial charge in [0.1, 0.15) is 6.10 Å². The van der Waals surface area contributed by atoms with Crippen molar-refractivity contribution in [2.24, 2.45) is 0 Å². The molecule has 0 amide bonds. The number of benzene rings is 1. The number of rotatable bonds is 16. The predicted molar refractivity (Wildman–Crippen MR) is 170 cm³/mol. The van der Waals surface area contributed by atoms with Crippen LogP contribution in [0.4, 0.5) is 0 Å². The molecule has 40 heavy (non-hydrogen) atoms. The van der Waals surface area contributed by atoms with E-state index in [4.69, 9.17) is 18.3 Å².